The quantitative estimate of drug-likeness (QED) is 0.655. The summed E-state index contributed by atoms with van der Waals surface area (Å²) in [5.41, 5.74) is 0.593. The Labute approximate surface area is 76.4 Å². The van der Waals surface area contributed by atoms with Crippen molar-refractivity contribution < 1.29 is 23.9 Å². The highest BCUT2D eigenvalue weighted by molar-refractivity contribution is 7.85. The summed E-state index contributed by atoms with van der Waals surface area (Å²) >= 11 is 0. The van der Waals surface area contributed by atoms with Crippen LogP contribution in [0.4, 0.5) is 0 Å². The van der Waals surface area contributed by atoms with Gasteiger partial charge >= 0.3 is 0 Å². The van der Waals surface area contributed by atoms with E-state index in [0.29, 0.717) is 5.56 Å². The summed E-state index contributed by atoms with van der Waals surface area (Å²) in [6, 6.07) is 8.52. The molecule has 0 saturated heterocycles. The molecule has 0 saturated carbocycles. The highest BCUT2D eigenvalue weighted by Crippen LogP contribution is 2.02. The Morgan fingerprint density at radius 2 is 1.54 bits per heavy atom. The van der Waals surface area contributed by atoms with E-state index in [1.807, 2.05) is 0 Å². The molecule has 13 heavy (non-hydrogen) atoms. The molecule has 0 spiro atoms. The van der Waals surface area contributed by atoms with E-state index in [2.05, 4.69) is 0 Å². The summed E-state index contributed by atoms with van der Waals surface area (Å²) in [6.07, 6.45) is 0. The van der Waals surface area contributed by atoms with Crippen molar-refractivity contribution in [2.45, 2.75) is 5.75 Å². The molecule has 0 aromatic heterocycles. The van der Waals surface area contributed by atoms with Crippen LogP contribution in [0.3, 0.4) is 0 Å². The first-order chi connectivity index (χ1) is 5.08. The van der Waals surface area contributed by atoms with Crippen LogP contribution in [0.2, 0.25) is 0 Å². The zero-order chi connectivity index (χ0) is 8.32. The second-order valence-electron chi connectivity index (χ2n) is 2.21. The summed E-state index contributed by atoms with van der Waals surface area (Å²) in [7, 11) is -3.88. The highest BCUT2D eigenvalue weighted by Gasteiger charge is 2.04. The van der Waals surface area contributed by atoms with Crippen molar-refractivity contribution in [3.05, 3.63) is 35.9 Å². The second-order valence-corrected chi connectivity index (χ2v) is 3.66. The van der Waals surface area contributed by atoms with Gasteiger partial charge in [0, 0.05) is 0 Å². The number of hydrogen-bond acceptors (Lipinski definition) is 2. The zero-order valence-electron chi connectivity index (χ0n) is 6.77. The largest absolute Gasteiger partial charge is 0.412 e. The Morgan fingerprint density at radius 3 is 1.92 bits per heavy atom. The fourth-order valence-corrected chi connectivity index (χ4v) is 1.40. The molecule has 0 fully saturated rings. The van der Waals surface area contributed by atoms with Gasteiger partial charge in [0.05, 0.1) is 0 Å². The van der Waals surface area contributed by atoms with Crippen LogP contribution in [0.5, 0.6) is 0 Å². The fourth-order valence-electron chi connectivity index (χ4n) is 0.785. The molecule has 76 valence electrons. The van der Waals surface area contributed by atoms with E-state index in [4.69, 9.17) is 4.55 Å². The molecule has 0 aliphatic carbocycles. The summed E-state index contributed by atoms with van der Waals surface area (Å²) < 4.78 is 29.2. The van der Waals surface area contributed by atoms with Crippen LogP contribution in [-0.4, -0.2) is 23.9 Å². The second kappa shape index (κ2) is 5.65. The lowest BCUT2D eigenvalue weighted by atomic mass is 10.2. The van der Waals surface area contributed by atoms with E-state index in [0.717, 1.165) is 0 Å². The molecule has 1 rings (SSSR count). The highest BCUT2D eigenvalue weighted by atomic mass is 32.2. The predicted octanol–water partition coefficient (Wildman–Crippen LogP) is -0.575. The Bertz CT molecular complexity index is 318. The summed E-state index contributed by atoms with van der Waals surface area (Å²) in [6.45, 7) is 0. The lowest BCUT2D eigenvalue weighted by molar-refractivity contribution is 0.482. The topological polar surface area (TPSA) is 117 Å². The average Bonchev–Trinajstić information content (AvgIpc) is 1.85. The van der Waals surface area contributed by atoms with Gasteiger partial charge in [-0.3, -0.25) is 4.55 Å². The molecule has 0 aliphatic heterocycles. The lowest BCUT2D eigenvalue weighted by Crippen LogP contribution is -2.00. The first-order valence-corrected chi connectivity index (χ1v) is 4.68. The van der Waals surface area contributed by atoms with E-state index < -0.39 is 10.1 Å². The van der Waals surface area contributed by atoms with E-state index in [1.54, 1.807) is 30.3 Å². The van der Waals surface area contributed by atoms with E-state index in [-0.39, 0.29) is 16.7 Å². The minimum Gasteiger partial charge on any atom is -0.412 e. The molecule has 0 amide bonds. The van der Waals surface area contributed by atoms with Gasteiger partial charge in [-0.05, 0) is 5.56 Å². The number of hydrogen-bond donors (Lipinski definition) is 1. The molecular formula is C7H12O5S. The van der Waals surface area contributed by atoms with Gasteiger partial charge in [0.15, 0.2) is 0 Å². The van der Waals surface area contributed by atoms with Crippen molar-refractivity contribution in [1.29, 1.82) is 0 Å². The van der Waals surface area contributed by atoms with E-state index in [1.165, 1.54) is 0 Å². The molecule has 1 aromatic carbocycles. The molecule has 0 radical (unpaired) electrons. The fraction of sp³-hybridized carbons (Fsp3) is 0.143. The maximum Gasteiger partial charge on any atom is 0.269 e. The van der Waals surface area contributed by atoms with Crippen LogP contribution in [0.25, 0.3) is 0 Å². The molecule has 5 nitrogen and oxygen atoms in total. The third-order valence-electron chi connectivity index (χ3n) is 1.19. The van der Waals surface area contributed by atoms with Crippen molar-refractivity contribution >= 4 is 10.1 Å². The van der Waals surface area contributed by atoms with Gasteiger partial charge in [-0.25, -0.2) is 0 Å². The maximum atomic E-state index is 10.4. The first kappa shape index (κ1) is 14.6. The molecule has 0 atom stereocenters. The van der Waals surface area contributed by atoms with Gasteiger partial charge in [0.2, 0.25) is 0 Å². The minimum atomic E-state index is -3.88. The van der Waals surface area contributed by atoms with Gasteiger partial charge in [-0.15, -0.1) is 0 Å². The smallest absolute Gasteiger partial charge is 0.269 e. The number of benzene rings is 1. The van der Waals surface area contributed by atoms with E-state index >= 15 is 0 Å². The van der Waals surface area contributed by atoms with Crippen molar-refractivity contribution in [2.75, 3.05) is 0 Å². The Balaban J connectivity index is 0. The van der Waals surface area contributed by atoms with Crippen molar-refractivity contribution in [3.63, 3.8) is 0 Å². The average molecular weight is 208 g/mol. The minimum absolute atomic E-state index is 0. The Morgan fingerprint density at radius 1 is 1.08 bits per heavy atom. The van der Waals surface area contributed by atoms with Crippen LogP contribution >= 0.6 is 0 Å². The van der Waals surface area contributed by atoms with Crippen LogP contribution in [0, 0.1) is 0 Å². The SMILES string of the molecule is O.O.O=S(=O)(O)Cc1ccccc1. The molecule has 5 N–H and O–H groups in total. The molecule has 0 heterocycles. The molecule has 0 unspecified atom stereocenters. The molecular weight excluding hydrogens is 196 g/mol. The van der Waals surface area contributed by atoms with Gasteiger partial charge in [-0.1, -0.05) is 30.3 Å². The van der Waals surface area contributed by atoms with Crippen molar-refractivity contribution in [3.8, 4) is 0 Å². The Hall–Kier alpha value is -0.950. The van der Waals surface area contributed by atoms with Gasteiger partial charge in [0.1, 0.15) is 5.75 Å². The normalized spacial score (nSPS) is 9.62. The monoisotopic (exact) mass is 208 g/mol. The maximum absolute atomic E-state index is 10.4. The zero-order valence-corrected chi connectivity index (χ0v) is 7.58. The third kappa shape index (κ3) is 6.23. The van der Waals surface area contributed by atoms with E-state index in [9.17, 15) is 8.42 Å². The summed E-state index contributed by atoms with van der Waals surface area (Å²) in [5, 5.41) is 0. The van der Waals surface area contributed by atoms with Crippen molar-refractivity contribution in [1.82, 2.24) is 0 Å². The molecule has 6 heteroatoms. The van der Waals surface area contributed by atoms with Gasteiger partial charge in [0.25, 0.3) is 10.1 Å². The van der Waals surface area contributed by atoms with Crippen molar-refractivity contribution in [2.24, 2.45) is 0 Å². The van der Waals surface area contributed by atoms with Gasteiger partial charge < -0.3 is 11.0 Å². The molecule has 0 bridgehead atoms. The molecule has 0 aliphatic rings. The summed E-state index contributed by atoms with van der Waals surface area (Å²) in [5.74, 6) is -0.312. The summed E-state index contributed by atoms with van der Waals surface area (Å²) in [4.78, 5) is 0. The lowest BCUT2D eigenvalue weighted by Gasteiger charge is -1.95. The van der Waals surface area contributed by atoms with Gasteiger partial charge in [-0.2, -0.15) is 8.42 Å². The van der Waals surface area contributed by atoms with Crippen LogP contribution in [-0.2, 0) is 15.9 Å². The number of rotatable bonds is 2. The van der Waals surface area contributed by atoms with Crippen LogP contribution < -0.4 is 0 Å². The van der Waals surface area contributed by atoms with Crippen LogP contribution in [0.15, 0.2) is 30.3 Å². The first-order valence-electron chi connectivity index (χ1n) is 3.07. The Kier molecular flexibility index (Phi) is 6.34. The van der Waals surface area contributed by atoms with Crippen LogP contribution in [0.1, 0.15) is 5.56 Å². The third-order valence-corrected chi connectivity index (χ3v) is 1.89. The molecule has 1 aromatic rings. The predicted molar refractivity (Wildman–Crippen MR) is 48.9 cm³/mol. The standard InChI is InChI=1S/C7H8O3S.2H2O/c8-11(9,10)6-7-4-2-1-3-5-7;;/h1-5H,6H2,(H,8,9,10);2*1H2.